The second kappa shape index (κ2) is 49.1. The fourth-order valence-corrected chi connectivity index (χ4v) is 7.07. The van der Waals surface area contributed by atoms with E-state index in [1.54, 1.807) is 6.08 Å². The first-order valence-corrected chi connectivity index (χ1v) is 27.9. The highest BCUT2D eigenvalue weighted by atomic mass is 31.2. The van der Waals surface area contributed by atoms with Crippen molar-refractivity contribution in [3.63, 3.8) is 0 Å². The number of amides is 1. The number of aliphatic hydroxyl groups excluding tert-OH is 1. The molecule has 0 saturated carbocycles. The molecule has 0 aromatic carbocycles. The summed E-state index contributed by atoms with van der Waals surface area (Å²) in [6.45, 7) is 4.57. The number of hydrogen-bond donors (Lipinski definition) is 3. The third-order valence-corrected chi connectivity index (χ3v) is 11.4. The quantitative estimate of drug-likeness (QED) is 0.0243. The minimum atomic E-state index is -4.38. The van der Waals surface area contributed by atoms with Gasteiger partial charge in [-0.2, -0.15) is 0 Å². The number of allylic oxidation sites excluding steroid dienone is 25. The predicted molar refractivity (Wildman–Crippen MR) is 299 cm³/mol. The van der Waals surface area contributed by atoms with Gasteiger partial charge in [-0.1, -0.05) is 191 Å². The van der Waals surface area contributed by atoms with Crippen LogP contribution >= 0.6 is 7.82 Å². The first kappa shape index (κ1) is 65.1. The Bertz CT molecular complexity index is 1670. The Kier molecular flexibility index (Phi) is 46.4. The zero-order chi connectivity index (χ0) is 50.6. The number of nitrogens with one attached hydrogen (secondary N) is 1. The summed E-state index contributed by atoms with van der Waals surface area (Å²) in [4.78, 5) is 23.2. The van der Waals surface area contributed by atoms with Crippen LogP contribution in [0.5, 0.6) is 0 Å². The molecule has 1 amide bonds. The van der Waals surface area contributed by atoms with Gasteiger partial charge in [0.1, 0.15) is 13.2 Å². The summed E-state index contributed by atoms with van der Waals surface area (Å²) in [6, 6.07) is -0.905. The fraction of sp³-hybridized carbons (Fsp3) is 0.550. The first-order chi connectivity index (χ1) is 33.5. The van der Waals surface area contributed by atoms with Crippen LogP contribution < -0.4 is 5.32 Å². The van der Waals surface area contributed by atoms with Crippen molar-refractivity contribution in [3.05, 3.63) is 158 Å². The molecule has 3 N–H and O–H groups in total. The summed E-state index contributed by atoms with van der Waals surface area (Å²) < 4.78 is 23.6. The summed E-state index contributed by atoms with van der Waals surface area (Å²) in [7, 11) is 1.49. The fourth-order valence-electron chi connectivity index (χ4n) is 6.33. The Morgan fingerprint density at radius 1 is 0.507 bits per heavy atom. The van der Waals surface area contributed by atoms with E-state index in [0.29, 0.717) is 17.4 Å². The van der Waals surface area contributed by atoms with Crippen LogP contribution in [0.3, 0.4) is 0 Å². The van der Waals surface area contributed by atoms with Crippen LogP contribution in [0.1, 0.15) is 162 Å². The smallest absolute Gasteiger partial charge is 0.387 e. The number of phosphoric ester groups is 1. The molecule has 3 unspecified atom stereocenters. The second-order valence-corrected chi connectivity index (χ2v) is 19.6. The van der Waals surface area contributed by atoms with E-state index in [9.17, 15) is 19.4 Å². The van der Waals surface area contributed by atoms with Gasteiger partial charge in [-0.15, -0.1) is 0 Å². The molecule has 9 heteroatoms. The normalized spacial score (nSPS) is 15.3. The third kappa shape index (κ3) is 51.8. The number of phosphoric acid groups is 1. The average molecular weight is 974 g/mol. The van der Waals surface area contributed by atoms with Gasteiger partial charge < -0.3 is 19.8 Å². The standard InChI is InChI=1S/C60H97N2O6P/c1-6-8-10-12-14-16-18-20-22-23-24-25-26-27-28-29-30-31-32-33-34-35-36-37-38-39-40-42-44-46-48-50-52-54-60(64)61-58(57-68-69(65,66)67-56-55-62(3,4)5)59(63)53-51-49-47-45-43-41-21-19-17-15-13-11-9-7-2/h8,10,14,16-17,19-20,22,24-25,27-28,30-31,33-34,36-37,39-40,43-46,51,53,58-59,63H,6-7,9,11-13,15,18,21,23,26,29,32,35,38,41-42,47-50,52,54-57H2,1-5H3,(H-,61,64,65,66)/p+1/b10-8-,16-14-,19-17+,22-20-,25-24-,28-27-,31-30-,34-33-,37-36-,40-39-,45-43+,46-44-,53-51+. The van der Waals surface area contributed by atoms with E-state index in [2.05, 4.69) is 165 Å². The minimum absolute atomic E-state index is 0.0352. The zero-order valence-electron chi connectivity index (χ0n) is 44.0. The molecule has 0 spiro atoms. The van der Waals surface area contributed by atoms with E-state index in [1.165, 1.54) is 25.7 Å². The molecule has 0 saturated heterocycles. The molecular formula is C60H98N2O6P+. The van der Waals surface area contributed by atoms with Gasteiger partial charge in [0.15, 0.2) is 0 Å². The molecule has 0 aromatic heterocycles. The number of carbonyl (C=O) groups is 1. The molecule has 0 aliphatic heterocycles. The number of hydrogen-bond acceptors (Lipinski definition) is 5. The summed E-state index contributed by atoms with van der Waals surface area (Å²) in [5, 5.41) is 13.8. The van der Waals surface area contributed by atoms with Gasteiger partial charge in [-0.25, -0.2) is 4.57 Å². The summed E-state index contributed by atoms with van der Waals surface area (Å²) in [5.74, 6) is -0.243. The molecular weight excluding hydrogens is 876 g/mol. The molecule has 0 radical (unpaired) electrons. The number of rotatable bonds is 45. The van der Waals surface area contributed by atoms with Crippen molar-refractivity contribution < 1.29 is 32.9 Å². The Morgan fingerprint density at radius 2 is 0.884 bits per heavy atom. The largest absolute Gasteiger partial charge is 0.472 e. The maximum atomic E-state index is 12.9. The summed E-state index contributed by atoms with van der Waals surface area (Å²) in [6.07, 6.45) is 77.7. The molecule has 0 aromatic rings. The molecule has 0 heterocycles. The number of carbonyl (C=O) groups excluding carboxylic acids is 1. The van der Waals surface area contributed by atoms with Gasteiger partial charge in [0.05, 0.1) is 39.9 Å². The molecule has 0 aliphatic rings. The lowest BCUT2D eigenvalue weighted by molar-refractivity contribution is -0.870. The summed E-state index contributed by atoms with van der Waals surface area (Å²) in [5.41, 5.74) is 0. The molecule has 388 valence electrons. The Hall–Kier alpha value is -3.88. The molecule has 0 rings (SSSR count). The number of quaternary nitrogens is 1. The van der Waals surface area contributed by atoms with Crippen molar-refractivity contribution in [2.24, 2.45) is 0 Å². The van der Waals surface area contributed by atoms with Gasteiger partial charge in [0.25, 0.3) is 0 Å². The summed E-state index contributed by atoms with van der Waals surface area (Å²) >= 11 is 0. The first-order valence-electron chi connectivity index (χ1n) is 26.4. The second-order valence-electron chi connectivity index (χ2n) is 18.1. The van der Waals surface area contributed by atoms with Crippen LogP contribution in [0.4, 0.5) is 0 Å². The van der Waals surface area contributed by atoms with Gasteiger partial charge in [-0.3, -0.25) is 13.8 Å². The molecule has 0 fully saturated rings. The van der Waals surface area contributed by atoms with Crippen molar-refractivity contribution in [1.29, 1.82) is 0 Å². The maximum Gasteiger partial charge on any atom is 0.472 e. The van der Waals surface area contributed by atoms with Crippen molar-refractivity contribution >= 4 is 13.7 Å². The van der Waals surface area contributed by atoms with E-state index >= 15 is 0 Å². The van der Waals surface area contributed by atoms with Crippen LogP contribution in [-0.4, -0.2) is 73.4 Å². The zero-order valence-corrected chi connectivity index (χ0v) is 44.9. The van der Waals surface area contributed by atoms with Crippen LogP contribution in [0.15, 0.2) is 158 Å². The van der Waals surface area contributed by atoms with Crippen LogP contribution in [0.25, 0.3) is 0 Å². The molecule has 69 heavy (non-hydrogen) atoms. The van der Waals surface area contributed by atoms with Gasteiger partial charge in [0, 0.05) is 6.42 Å². The Morgan fingerprint density at radius 3 is 1.30 bits per heavy atom. The lowest BCUT2D eigenvalue weighted by atomic mass is 10.1. The highest BCUT2D eigenvalue weighted by Gasteiger charge is 2.27. The molecule has 0 aliphatic carbocycles. The number of nitrogens with zero attached hydrogens (tertiary/aromatic N) is 1. The number of likely N-dealkylation sites (N-methyl/N-ethyl adjacent to an activating group) is 1. The van der Waals surface area contributed by atoms with Crippen molar-refractivity contribution in [2.45, 2.75) is 174 Å². The average Bonchev–Trinajstić information content (AvgIpc) is 3.31. The van der Waals surface area contributed by atoms with E-state index in [4.69, 9.17) is 9.05 Å². The van der Waals surface area contributed by atoms with E-state index in [-0.39, 0.29) is 25.5 Å². The Labute approximate surface area is 422 Å². The topological polar surface area (TPSA) is 105 Å². The van der Waals surface area contributed by atoms with Crippen molar-refractivity contribution in [1.82, 2.24) is 5.32 Å². The lowest BCUT2D eigenvalue weighted by Crippen LogP contribution is -2.45. The van der Waals surface area contributed by atoms with Crippen LogP contribution in [0.2, 0.25) is 0 Å². The molecule has 8 nitrogen and oxygen atoms in total. The molecule has 0 bridgehead atoms. The SMILES string of the molecule is CC/C=C\C/C=C\C/C=C\C/C=C\C/C=C\C/C=C\C/C=C\C/C=C\C/C=C\C/C=C\CCCCC(=O)NC(COP(=O)(O)OCC[N+](C)(C)C)C(O)/C=C/CC/C=C/CC/C=C/CCCCCC. The number of aliphatic hydroxyl groups is 1. The highest BCUT2D eigenvalue weighted by molar-refractivity contribution is 7.47. The third-order valence-electron chi connectivity index (χ3n) is 10.5. The van der Waals surface area contributed by atoms with Gasteiger partial charge in [0.2, 0.25) is 5.91 Å². The monoisotopic (exact) mass is 974 g/mol. The van der Waals surface area contributed by atoms with E-state index < -0.39 is 20.0 Å². The van der Waals surface area contributed by atoms with Crippen molar-refractivity contribution in [3.8, 4) is 0 Å². The highest BCUT2D eigenvalue weighted by Crippen LogP contribution is 2.43. The van der Waals surface area contributed by atoms with Crippen molar-refractivity contribution in [2.75, 3.05) is 40.9 Å². The van der Waals surface area contributed by atoms with Crippen LogP contribution in [0, 0.1) is 0 Å². The number of unbranched alkanes of at least 4 members (excludes halogenated alkanes) is 8. The van der Waals surface area contributed by atoms with Gasteiger partial charge in [-0.05, 0) is 122 Å². The lowest BCUT2D eigenvalue weighted by Gasteiger charge is -2.25. The Balaban J connectivity index is 4.40. The van der Waals surface area contributed by atoms with Crippen LogP contribution in [-0.2, 0) is 18.4 Å². The minimum Gasteiger partial charge on any atom is -0.387 e. The van der Waals surface area contributed by atoms with E-state index in [1.807, 2.05) is 27.2 Å². The predicted octanol–water partition coefficient (Wildman–Crippen LogP) is 15.9. The van der Waals surface area contributed by atoms with Gasteiger partial charge >= 0.3 is 7.82 Å². The van der Waals surface area contributed by atoms with E-state index in [0.717, 1.165) is 109 Å². The molecule has 3 atom stereocenters. The maximum absolute atomic E-state index is 12.9.